The van der Waals surface area contributed by atoms with Gasteiger partial charge in [0.15, 0.2) is 0 Å². The molecule has 0 aliphatic rings. The van der Waals surface area contributed by atoms with Crippen LogP contribution in [0.1, 0.15) is 26.7 Å². The SMILES string of the molecule is CCCC(C)CS(=O)c1cc(F)ccc1N. The van der Waals surface area contributed by atoms with Crippen LogP contribution in [-0.2, 0) is 10.8 Å². The number of halogens is 1. The number of nitrogen functional groups attached to an aromatic ring is 1. The van der Waals surface area contributed by atoms with Crippen LogP contribution in [0.5, 0.6) is 0 Å². The fourth-order valence-electron chi connectivity index (χ4n) is 1.63. The van der Waals surface area contributed by atoms with Crippen LogP contribution in [0.15, 0.2) is 23.1 Å². The highest BCUT2D eigenvalue weighted by atomic mass is 32.2. The predicted molar refractivity (Wildman–Crippen MR) is 66.2 cm³/mol. The molecule has 1 aromatic carbocycles. The number of hydrogen-bond acceptors (Lipinski definition) is 2. The molecular weight excluding hydrogens is 225 g/mol. The van der Waals surface area contributed by atoms with Crippen LogP contribution in [0, 0.1) is 11.7 Å². The Morgan fingerprint density at radius 2 is 2.19 bits per heavy atom. The van der Waals surface area contributed by atoms with Crippen LogP contribution in [0.25, 0.3) is 0 Å². The highest BCUT2D eigenvalue weighted by Gasteiger charge is 2.12. The van der Waals surface area contributed by atoms with Crippen molar-refractivity contribution in [2.24, 2.45) is 5.92 Å². The van der Waals surface area contributed by atoms with E-state index in [9.17, 15) is 8.60 Å². The summed E-state index contributed by atoms with van der Waals surface area (Å²) in [7, 11) is -1.20. The van der Waals surface area contributed by atoms with Gasteiger partial charge in [0.05, 0.1) is 15.7 Å². The van der Waals surface area contributed by atoms with Crippen LogP contribution in [0.4, 0.5) is 10.1 Å². The normalized spacial score (nSPS) is 14.7. The third-order valence-electron chi connectivity index (χ3n) is 2.44. The fourth-order valence-corrected chi connectivity index (χ4v) is 3.07. The van der Waals surface area contributed by atoms with Crippen molar-refractivity contribution in [1.82, 2.24) is 0 Å². The molecule has 0 heterocycles. The molecule has 2 nitrogen and oxygen atoms in total. The van der Waals surface area contributed by atoms with E-state index in [-0.39, 0.29) is 5.82 Å². The smallest absolute Gasteiger partial charge is 0.124 e. The average molecular weight is 243 g/mol. The zero-order valence-electron chi connectivity index (χ0n) is 9.70. The quantitative estimate of drug-likeness (QED) is 0.808. The number of benzene rings is 1. The lowest BCUT2D eigenvalue weighted by molar-refractivity contribution is 0.574. The van der Waals surface area contributed by atoms with Gasteiger partial charge in [-0.3, -0.25) is 4.21 Å². The summed E-state index contributed by atoms with van der Waals surface area (Å²) in [5.74, 6) is 0.524. The van der Waals surface area contributed by atoms with Gasteiger partial charge in [-0.15, -0.1) is 0 Å². The van der Waals surface area contributed by atoms with E-state index in [1.54, 1.807) is 0 Å². The van der Waals surface area contributed by atoms with Gasteiger partial charge in [0.1, 0.15) is 5.82 Å². The van der Waals surface area contributed by atoms with Gasteiger partial charge in [-0.05, 0) is 24.1 Å². The second kappa shape index (κ2) is 5.99. The zero-order chi connectivity index (χ0) is 12.1. The van der Waals surface area contributed by atoms with Crippen LogP contribution < -0.4 is 5.73 Å². The summed E-state index contributed by atoms with van der Waals surface area (Å²) in [6.07, 6.45) is 2.10. The molecule has 0 fully saturated rings. The molecule has 0 radical (unpaired) electrons. The van der Waals surface area contributed by atoms with E-state index >= 15 is 0 Å². The summed E-state index contributed by atoms with van der Waals surface area (Å²) in [5.41, 5.74) is 6.09. The van der Waals surface area contributed by atoms with Crippen molar-refractivity contribution < 1.29 is 8.60 Å². The summed E-state index contributed by atoms with van der Waals surface area (Å²) >= 11 is 0. The number of hydrogen-bond donors (Lipinski definition) is 1. The minimum absolute atomic E-state index is 0.369. The molecule has 0 amide bonds. The van der Waals surface area contributed by atoms with Crippen molar-refractivity contribution in [3.8, 4) is 0 Å². The van der Waals surface area contributed by atoms with Crippen molar-refractivity contribution in [1.29, 1.82) is 0 Å². The molecule has 2 N–H and O–H groups in total. The highest BCUT2D eigenvalue weighted by molar-refractivity contribution is 7.85. The first kappa shape index (κ1) is 13.2. The Hall–Kier alpha value is -0.900. The van der Waals surface area contributed by atoms with E-state index in [2.05, 4.69) is 13.8 Å². The van der Waals surface area contributed by atoms with Gasteiger partial charge in [-0.1, -0.05) is 26.7 Å². The lowest BCUT2D eigenvalue weighted by Crippen LogP contribution is -2.09. The third-order valence-corrected chi connectivity index (χ3v) is 4.15. The Bertz CT molecular complexity index is 381. The Labute approximate surface area is 98.5 Å². The second-order valence-corrected chi connectivity index (χ2v) is 5.55. The topological polar surface area (TPSA) is 43.1 Å². The van der Waals surface area contributed by atoms with Gasteiger partial charge in [-0.25, -0.2) is 4.39 Å². The maximum atomic E-state index is 13.0. The Morgan fingerprint density at radius 1 is 1.50 bits per heavy atom. The van der Waals surface area contributed by atoms with Crippen molar-refractivity contribution >= 4 is 16.5 Å². The van der Waals surface area contributed by atoms with Crippen molar-refractivity contribution in [3.63, 3.8) is 0 Å². The average Bonchev–Trinajstić information content (AvgIpc) is 2.21. The Kier molecular flexibility index (Phi) is 4.93. The largest absolute Gasteiger partial charge is 0.398 e. The molecule has 90 valence electrons. The monoisotopic (exact) mass is 243 g/mol. The van der Waals surface area contributed by atoms with E-state index < -0.39 is 10.8 Å². The molecule has 1 aromatic rings. The van der Waals surface area contributed by atoms with Gasteiger partial charge < -0.3 is 5.73 Å². The fraction of sp³-hybridized carbons (Fsp3) is 0.500. The third kappa shape index (κ3) is 3.59. The lowest BCUT2D eigenvalue weighted by Gasteiger charge is -2.11. The molecule has 0 saturated carbocycles. The molecule has 0 aromatic heterocycles. The molecule has 0 spiro atoms. The lowest BCUT2D eigenvalue weighted by atomic mass is 10.1. The van der Waals surface area contributed by atoms with Crippen molar-refractivity contribution in [2.75, 3.05) is 11.5 Å². The summed E-state index contributed by atoms with van der Waals surface area (Å²) < 4.78 is 25.0. The van der Waals surface area contributed by atoms with E-state index in [4.69, 9.17) is 5.73 Å². The molecule has 0 saturated heterocycles. The van der Waals surface area contributed by atoms with Gasteiger partial charge in [0.25, 0.3) is 0 Å². The maximum Gasteiger partial charge on any atom is 0.124 e. The Balaban J connectivity index is 2.76. The van der Waals surface area contributed by atoms with Crippen LogP contribution in [0.2, 0.25) is 0 Å². The number of anilines is 1. The van der Waals surface area contributed by atoms with Crippen molar-refractivity contribution in [3.05, 3.63) is 24.0 Å². The van der Waals surface area contributed by atoms with Gasteiger partial charge in [0, 0.05) is 11.4 Å². The van der Waals surface area contributed by atoms with Crippen LogP contribution in [0.3, 0.4) is 0 Å². The zero-order valence-corrected chi connectivity index (χ0v) is 10.5. The van der Waals surface area contributed by atoms with Crippen LogP contribution in [-0.4, -0.2) is 9.96 Å². The Morgan fingerprint density at radius 3 is 2.81 bits per heavy atom. The van der Waals surface area contributed by atoms with Crippen molar-refractivity contribution in [2.45, 2.75) is 31.6 Å². The predicted octanol–water partition coefficient (Wildman–Crippen LogP) is 2.95. The van der Waals surface area contributed by atoms with E-state index in [1.807, 2.05) is 0 Å². The summed E-state index contributed by atoms with van der Waals surface area (Å²) in [6.45, 7) is 4.15. The summed E-state index contributed by atoms with van der Waals surface area (Å²) in [6, 6.07) is 4.02. The highest BCUT2D eigenvalue weighted by Crippen LogP contribution is 2.20. The van der Waals surface area contributed by atoms with E-state index in [0.29, 0.717) is 22.3 Å². The first-order valence-corrected chi connectivity index (χ1v) is 6.80. The first-order valence-electron chi connectivity index (χ1n) is 5.48. The minimum atomic E-state index is -1.20. The molecule has 0 aliphatic heterocycles. The minimum Gasteiger partial charge on any atom is -0.398 e. The van der Waals surface area contributed by atoms with Gasteiger partial charge in [-0.2, -0.15) is 0 Å². The molecule has 4 heteroatoms. The molecule has 1 rings (SSSR count). The molecule has 16 heavy (non-hydrogen) atoms. The first-order chi connectivity index (χ1) is 7.54. The maximum absolute atomic E-state index is 13.0. The molecule has 2 atom stereocenters. The molecule has 2 unspecified atom stereocenters. The molecule has 0 bridgehead atoms. The number of rotatable bonds is 5. The second-order valence-electron chi connectivity index (χ2n) is 4.09. The van der Waals surface area contributed by atoms with E-state index in [0.717, 1.165) is 12.8 Å². The summed E-state index contributed by atoms with van der Waals surface area (Å²) in [5, 5.41) is 0. The summed E-state index contributed by atoms with van der Waals surface area (Å²) in [4.78, 5) is 0.419. The van der Waals surface area contributed by atoms with E-state index in [1.165, 1.54) is 18.2 Å². The number of nitrogens with two attached hydrogens (primary N) is 1. The molecule has 0 aliphatic carbocycles. The standard InChI is InChI=1S/C12H18FNOS/c1-3-4-9(2)8-16(15)12-7-10(13)5-6-11(12)14/h5-7,9H,3-4,8,14H2,1-2H3. The molecular formula is C12H18FNOS. The van der Waals surface area contributed by atoms with Gasteiger partial charge >= 0.3 is 0 Å². The van der Waals surface area contributed by atoms with Crippen LogP contribution >= 0.6 is 0 Å². The van der Waals surface area contributed by atoms with Gasteiger partial charge in [0.2, 0.25) is 0 Å².